The topological polar surface area (TPSA) is 52.3 Å². The number of Topliss-reactive ketones (excluding diaryl/α,β-unsaturated/α-hetero) is 1. The molecule has 0 aliphatic heterocycles. The smallest absolute Gasteiger partial charge is 0.188 e. The van der Waals surface area contributed by atoms with Crippen LogP contribution < -0.4 is 5.73 Å². The Bertz CT molecular complexity index is 310. The summed E-state index contributed by atoms with van der Waals surface area (Å²) in [4.78, 5) is 11.6. The first kappa shape index (κ1) is 10.9. The molecule has 76 valence electrons. The van der Waals surface area contributed by atoms with Crippen LogP contribution in [0.25, 0.3) is 0 Å². The second-order valence-electron chi connectivity index (χ2n) is 3.05. The lowest BCUT2D eigenvalue weighted by Gasteiger charge is -2.06. The van der Waals surface area contributed by atoms with Crippen LogP contribution in [-0.4, -0.2) is 26.0 Å². The molecule has 0 unspecified atom stereocenters. The summed E-state index contributed by atoms with van der Waals surface area (Å²) >= 11 is 0. The molecule has 1 rings (SSSR count). The van der Waals surface area contributed by atoms with Crippen molar-refractivity contribution in [3.05, 3.63) is 35.4 Å². The molecule has 0 heterocycles. The van der Waals surface area contributed by atoms with E-state index in [-0.39, 0.29) is 12.4 Å². The van der Waals surface area contributed by atoms with Gasteiger partial charge in [-0.05, 0) is 18.5 Å². The molecule has 0 bridgehead atoms. The van der Waals surface area contributed by atoms with E-state index >= 15 is 0 Å². The second-order valence-corrected chi connectivity index (χ2v) is 3.05. The molecule has 0 aromatic heterocycles. The highest BCUT2D eigenvalue weighted by atomic mass is 16.5. The van der Waals surface area contributed by atoms with E-state index in [4.69, 9.17) is 10.5 Å². The van der Waals surface area contributed by atoms with E-state index in [1.807, 2.05) is 24.3 Å². The fraction of sp³-hybridized carbons (Fsp3) is 0.364. The van der Waals surface area contributed by atoms with Gasteiger partial charge in [-0.15, -0.1) is 0 Å². The van der Waals surface area contributed by atoms with Gasteiger partial charge in [0.25, 0.3) is 0 Å². The van der Waals surface area contributed by atoms with E-state index in [0.29, 0.717) is 6.54 Å². The summed E-state index contributed by atoms with van der Waals surface area (Å²) in [5.41, 5.74) is 7.18. The summed E-state index contributed by atoms with van der Waals surface area (Å²) in [6.45, 7) is 0.679. The number of carbonyl (C=O) groups is 1. The highest BCUT2D eigenvalue weighted by Crippen LogP contribution is 2.09. The molecule has 0 atom stereocenters. The van der Waals surface area contributed by atoms with Crippen molar-refractivity contribution in [2.75, 3.05) is 20.3 Å². The Morgan fingerprint density at radius 3 is 2.79 bits per heavy atom. The Hall–Kier alpha value is -1.19. The number of hydrogen-bond donors (Lipinski definition) is 1. The molecule has 0 spiro atoms. The van der Waals surface area contributed by atoms with E-state index in [9.17, 15) is 4.79 Å². The molecule has 0 aliphatic carbocycles. The first-order valence-electron chi connectivity index (χ1n) is 4.59. The molecule has 2 N–H and O–H groups in total. The fourth-order valence-corrected chi connectivity index (χ4v) is 1.37. The lowest BCUT2D eigenvalue weighted by atomic mass is 10.0. The summed E-state index contributed by atoms with van der Waals surface area (Å²) in [7, 11) is 1.52. The van der Waals surface area contributed by atoms with Crippen LogP contribution in [0, 0.1) is 0 Å². The SMILES string of the molecule is COCC(=O)c1ccccc1CCN. The Kier molecular flexibility index (Phi) is 4.29. The number of methoxy groups -OCH3 is 1. The third-order valence-electron chi connectivity index (χ3n) is 2.01. The Morgan fingerprint density at radius 1 is 1.43 bits per heavy atom. The molecular weight excluding hydrogens is 178 g/mol. The normalized spacial score (nSPS) is 10.1. The van der Waals surface area contributed by atoms with Gasteiger partial charge in [-0.1, -0.05) is 24.3 Å². The zero-order valence-corrected chi connectivity index (χ0v) is 8.32. The fourth-order valence-electron chi connectivity index (χ4n) is 1.37. The quantitative estimate of drug-likeness (QED) is 0.710. The minimum atomic E-state index is 0.0107. The van der Waals surface area contributed by atoms with Crippen LogP contribution in [0.15, 0.2) is 24.3 Å². The lowest BCUT2D eigenvalue weighted by Crippen LogP contribution is -2.12. The van der Waals surface area contributed by atoms with E-state index in [2.05, 4.69) is 0 Å². The van der Waals surface area contributed by atoms with Gasteiger partial charge in [-0.3, -0.25) is 4.79 Å². The van der Waals surface area contributed by atoms with E-state index in [0.717, 1.165) is 17.5 Å². The second kappa shape index (κ2) is 5.52. The first-order valence-corrected chi connectivity index (χ1v) is 4.59. The molecule has 0 radical (unpaired) electrons. The summed E-state index contributed by atoms with van der Waals surface area (Å²) in [5.74, 6) is 0.0107. The number of rotatable bonds is 5. The molecule has 0 saturated carbocycles. The molecule has 0 amide bonds. The van der Waals surface area contributed by atoms with Gasteiger partial charge in [-0.25, -0.2) is 0 Å². The number of ether oxygens (including phenoxy) is 1. The Labute approximate surface area is 83.9 Å². The highest BCUT2D eigenvalue weighted by Gasteiger charge is 2.09. The molecule has 0 saturated heterocycles. The maximum absolute atomic E-state index is 11.6. The number of nitrogens with two attached hydrogens (primary N) is 1. The van der Waals surface area contributed by atoms with Crippen molar-refractivity contribution in [2.24, 2.45) is 5.73 Å². The van der Waals surface area contributed by atoms with Crippen LogP contribution in [0.5, 0.6) is 0 Å². The van der Waals surface area contributed by atoms with Crippen molar-refractivity contribution in [1.29, 1.82) is 0 Å². The molecule has 0 aliphatic rings. The van der Waals surface area contributed by atoms with E-state index in [1.165, 1.54) is 7.11 Å². The highest BCUT2D eigenvalue weighted by molar-refractivity contribution is 5.98. The minimum Gasteiger partial charge on any atom is -0.377 e. The van der Waals surface area contributed by atoms with Crippen LogP contribution in [-0.2, 0) is 11.2 Å². The zero-order valence-electron chi connectivity index (χ0n) is 8.32. The van der Waals surface area contributed by atoms with Crippen molar-refractivity contribution in [3.63, 3.8) is 0 Å². The van der Waals surface area contributed by atoms with Gasteiger partial charge in [0.1, 0.15) is 6.61 Å². The van der Waals surface area contributed by atoms with Crippen molar-refractivity contribution in [3.8, 4) is 0 Å². The number of carbonyl (C=O) groups excluding carboxylic acids is 1. The van der Waals surface area contributed by atoms with Crippen molar-refractivity contribution in [1.82, 2.24) is 0 Å². The van der Waals surface area contributed by atoms with E-state index < -0.39 is 0 Å². The van der Waals surface area contributed by atoms with Crippen molar-refractivity contribution < 1.29 is 9.53 Å². The first-order chi connectivity index (χ1) is 6.79. The molecule has 1 aromatic carbocycles. The predicted octanol–water partition coefficient (Wildman–Crippen LogP) is 1.02. The largest absolute Gasteiger partial charge is 0.377 e. The van der Waals surface area contributed by atoms with Crippen molar-refractivity contribution in [2.45, 2.75) is 6.42 Å². The zero-order chi connectivity index (χ0) is 10.4. The molecule has 3 nitrogen and oxygen atoms in total. The van der Waals surface area contributed by atoms with Gasteiger partial charge in [0.15, 0.2) is 5.78 Å². The minimum absolute atomic E-state index is 0.0107. The summed E-state index contributed by atoms with van der Waals surface area (Å²) in [6.07, 6.45) is 0.728. The van der Waals surface area contributed by atoms with Crippen LogP contribution in [0.1, 0.15) is 15.9 Å². The molecular formula is C11H15NO2. The third-order valence-corrected chi connectivity index (χ3v) is 2.01. The maximum atomic E-state index is 11.6. The van der Waals surface area contributed by atoms with Gasteiger partial charge >= 0.3 is 0 Å². The third kappa shape index (κ3) is 2.65. The summed E-state index contributed by atoms with van der Waals surface area (Å²) < 4.78 is 4.81. The van der Waals surface area contributed by atoms with Crippen LogP contribution in [0.3, 0.4) is 0 Å². The average Bonchev–Trinajstić information content (AvgIpc) is 2.19. The van der Waals surface area contributed by atoms with Crippen molar-refractivity contribution >= 4 is 5.78 Å². The Balaban J connectivity index is 2.88. The molecule has 3 heteroatoms. The van der Waals surface area contributed by atoms with Gasteiger partial charge < -0.3 is 10.5 Å². The van der Waals surface area contributed by atoms with Gasteiger partial charge in [0.05, 0.1) is 0 Å². The van der Waals surface area contributed by atoms with Gasteiger partial charge in [0, 0.05) is 12.7 Å². The monoisotopic (exact) mass is 193 g/mol. The molecule has 14 heavy (non-hydrogen) atoms. The van der Waals surface area contributed by atoms with Gasteiger partial charge in [-0.2, -0.15) is 0 Å². The summed E-state index contributed by atoms with van der Waals surface area (Å²) in [5, 5.41) is 0. The molecule has 1 aromatic rings. The maximum Gasteiger partial charge on any atom is 0.188 e. The van der Waals surface area contributed by atoms with Crippen LogP contribution >= 0.6 is 0 Å². The summed E-state index contributed by atoms with van der Waals surface area (Å²) in [6, 6.07) is 7.50. The lowest BCUT2D eigenvalue weighted by molar-refractivity contribution is 0.0847. The van der Waals surface area contributed by atoms with Gasteiger partial charge in [0.2, 0.25) is 0 Å². The average molecular weight is 193 g/mol. The predicted molar refractivity (Wildman–Crippen MR) is 55.4 cm³/mol. The number of ketones is 1. The molecule has 0 fully saturated rings. The number of benzene rings is 1. The Morgan fingerprint density at radius 2 is 2.14 bits per heavy atom. The van der Waals surface area contributed by atoms with E-state index in [1.54, 1.807) is 0 Å². The van der Waals surface area contributed by atoms with Crippen LogP contribution in [0.2, 0.25) is 0 Å². The van der Waals surface area contributed by atoms with Crippen LogP contribution in [0.4, 0.5) is 0 Å². The number of hydrogen-bond acceptors (Lipinski definition) is 3. The standard InChI is InChI=1S/C11H15NO2/c1-14-8-11(13)10-5-3-2-4-9(10)6-7-12/h2-5H,6-8,12H2,1H3.